The van der Waals surface area contributed by atoms with E-state index in [-0.39, 0.29) is 11.3 Å². The summed E-state index contributed by atoms with van der Waals surface area (Å²) in [4.78, 5) is 12.1. The van der Waals surface area contributed by atoms with E-state index in [1.165, 1.54) is 24.3 Å². The quantitative estimate of drug-likeness (QED) is 0.458. The van der Waals surface area contributed by atoms with Crippen molar-refractivity contribution in [3.8, 4) is 5.75 Å². The van der Waals surface area contributed by atoms with Gasteiger partial charge in [0.15, 0.2) is 0 Å². The van der Waals surface area contributed by atoms with Gasteiger partial charge in [-0.3, -0.25) is 0 Å². The SMILES string of the molecule is O=C(O)[C@@](Oc1ccccc1)(c1ccccc1)[C@@H](O)[C@H](O)[C@H](O)CO. The standard InChI is InChI=1S/C18H20O7/c19-11-14(20)15(21)16(22)18(17(23)24,12-7-3-1-4-8-12)25-13-9-5-2-6-10-13/h1-10,14-16,19-22H,11H2,(H,23,24)/t14-,15-,16+,18-/m1/s1. The van der Waals surface area contributed by atoms with Gasteiger partial charge in [-0.05, 0) is 12.1 Å². The van der Waals surface area contributed by atoms with E-state index < -0.39 is 36.5 Å². The first kappa shape index (κ1) is 18.9. The van der Waals surface area contributed by atoms with Crippen LogP contribution in [0.15, 0.2) is 60.7 Å². The molecule has 4 atom stereocenters. The summed E-state index contributed by atoms with van der Waals surface area (Å²) in [5.41, 5.74) is -2.32. The van der Waals surface area contributed by atoms with Gasteiger partial charge < -0.3 is 30.3 Å². The fourth-order valence-electron chi connectivity index (χ4n) is 2.50. The molecule has 5 N–H and O–H groups in total. The van der Waals surface area contributed by atoms with E-state index in [0.717, 1.165) is 0 Å². The van der Waals surface area contributed by atoms with E-state index in [4.69, 9.17) is 9.84 Å². The number of aliphatic hydroxyl groups is 4. The maximum Gasteiger partial charge on any atom is 0.355 e. The smallest absolute Gasteiger partial charge is 0.355 e. The molecule has 0 unspecified atom stereocenters. The average molecular weight is 348 g/mol. The van der Waals surface area contributed by atoms with Crippen molar-refractivity contribution in [2.45, 2.75) is 23.9 Å². The Labute approximate surface area is 144 Å². The van der Waals surface area contributed by atoms with Crippen LogP contribution in [0.25, 0.3) is 0 Å². The van der Waals surface area contributed by atoms with Crippen LogP contribution in [0.2, 0.25) is 0 Å². The van der Waals surface area contributed by atoms with Gasteiger partial charge in [-0.15, -0.1) is 0 Å². The van der Waals surface area contributed by atoms with Crippen molar-refractivity contribution in [2.75, 3.05) is 6.61 Å². The molecular formula is C18H20O7. The minimum Gasteiger partial charge on any atom is -0.478 e. The van der Waals surface area contributed by atoms with Gasteiger partial charge in [-0.25, -0.2) is 4.79 Å². The Morgan fingerprint density at radius 2 is 1.48 bits per heavy atom. The molecule has 0 aliphatic rings. The number of para-hydroxylation sites is 1. The molecule has 7 heteroatoms. The highest BCUT2D eigenvalue weighted by Crippen LogP contribution is 2.34. The first-order valence-corrected chi connectivity index (χ1v) is 7.61. The molecule has 2 aromatic carbocycles. The number of carbonyl (C=O) groups is 1. The van der Waals surface area contributed by atoms with Gasteiger partial charge in [0.2, 0.25) is 0 Å². The second kappa shape index (κ2) is 8.09. The van der Waals surface area contributed by atoms with E-state index >= 15 is 0 Å². The van der Waals surface area contributed by atoms with Crippen molar-refractivity contribution >= 4 is 5.97 Å². The molecule has 0 amide bonds. The maximum atomic E-state index is 12.1. The molecule has 0 spiro atoms. The van der Waals surface area contributed by atoms with E-state index in [0.29, 0.717) is 0 Å². The Balaban J connectivity index is 2.57. The van der Waals surface area contributed by atoms with Crippen molar-refractivity contribution in [1.82, 2.24) is 0 Å². The molecule has 0 fully saturated rings. The number of ether oxygens (including phenoxy) is 1. The van der Waals surface area contributed by atoms with Crippen LogP contribution in [0, 0.1) is 0 Å². The second-order valence-electron chi connectivity index (χ2n) is 5.51. The van der Waals surface area contributed by atoms with Gasteiger partial charge in [0, 0.05) is 5.56 Å². The first-order chi connectivity index (χ1) is 11.9. The number of aliphatic hydroxyl groups excluding tert-OH is 4. The molecule has 2 rings (SSSR count). The molecule has 0 bridgehead atoms. The van der Waals surface area contributed by atoms with E-state index in [1.54, 1.807) is 36.4 Å². The second-order valence-corrected chi connectivity index (χ2v) is 5.51. The molecule has 0 aliphatic carbocycles. The number of hydrogen-bond acceptors (Lipinski definition) is 6. The van der Waals surface area contributed by atoms with Crippen molar-refractivity contribution in [2.24, 2.45) is 0 Å². The predicted molar refractivity (Wildman–Crippen MR) is 87.9 cm³/mol. The molecule has 0 heterocycles. The van der Waals surface area contributed by atoms with Crippen molar-refractivity contribution in [3.63, 3.8) is 0 Å². The lowest BCUT2D eigenvalue weighted by atomic mass is 9.83. The number of rotatable bonds is 8. The number of benzene rings is 2. The number of carboxylic acids is 1. The molecule has 0 radical (unpaired) electrons. The highest BCUT2D eigenvalue weighted by molar-refractivity contribution is 5.81. The monoisotopic (exact) mass is 348 g/mol. The van der Waals surface area contributed by atoms with Crippen molar-refractivity contribution in [3.05, 3.63) is 66.2 Å². The lowest BCUT2D eigenvalue weighted by molar-refractivity contribution is -0.187. The predicted octanol–water partition coefficient (Wildman–Crippen LogP) is 0.120. The Kier molecular flexibility index (Phi) is 6.11. The Hall–Kier alpha value is -2.45. The Bertz CT molecular complexity index is 676. The third kappa shape index (κ3) is 3.80. The van der Waals surface area contributed by atoms with E-state index in [9.17, 15) is 25.2 Å². The minimum atomic E-state index is -2.39. The van der Waals surface area contributed by atoms with E-state index in [1.807, 2.05) is 0 Å². The molecular weight excluding hydrogens is 328 g/mol. The molecule has 25 heavy (non-hydrogen) atoms. The zero-order valence-electron chi connectivity index (χ0n) is 13.3. The van der Waals surface area contributed by atoms with Crippen molar-refractivity contribution in [1.29, 1.82) is 0 Å². The Morgan fingerprint density at radius 3 is 1.96 bits per heavy atom. The zero-order chi connectivity index (χ0) is 18.4. The summed E-state index contributed by atoms with van der Waals surface area (Å²) in [6.45, 7) is -0.853. The largest absolute Gasteiger partial charge is 0.478 e. The molecule has 0 saturated carbocycles. The maximum absolute atomic E-state index is 12.1. The zero-order valence-corrected chi connectivity index (χ0v) is 13.3. The third-order valence-corrected chi connectivity index (χ3v) is 3.86. The first-order valence-electron chi connectivity index (χ1n) is 7.61. The lowest BCUT2D eigenvalue weighted by Gasteiger charge is -2.38. The highest BCUT2D eigenvalue weighted by Gasteiger charge is 2.54. The van der Waals surface area contributed by atoms with Gasteiger partial charge in [-0.2, -0.15) is 0 Å². The number of carboxylic acid groups (broad SMARTS) is 1. The van der Waals surface area contributed by atoms with Gasteiger partial charge >= 0.3 is 5.97 Å². The summed E-state index contributed by atoms with van der Waals surface area (Å²) in [6, 6.07) is 15.6. The van der Waals surface area contributed by atoms with Crippen LogP contribution in [0.1, 0.15) is 5.56 Å². The summed E-state index contributed by atoms with van der Waals surface area (Å²) in [7, 11) is 0. The van der Waals surface area contributed by atoms with Gasteiger partial charge in [0.25, 0.3) is 5.60 Å². The highest BCUT2D eigenvalue weighted by atomic mass is 16.5. The Morgan fingerprint density at radius 1 is 0.960 bits per heavy atom. The molecule has 7 nitrogen and oxygen atoms in total. The average Bonchev–Trinajstić information content (AvgIpc) is 2.65. The summed E-state index contributed by atoms with van der Waals surface area (Å²) in [6.07, 6.45) is -5.75. The molecule has 0 saturated heterocycles. The molecule has 0 aliphatic heterocycles. The summed E-state index contributed by atoms with van der Waals surface area (Å²) in [5, 5.41) is 49.2. The normalized spacial score (nSPS) is 17.1. The summed E-state index contributed by atoms with van der Waals surface area (Å²) in [5.74, 6) is -1.40. The fourth-order valence-corrected chi connectivity index (χ4v) is 2.50. The van der Waals surface area contributed by atoms with Gasteiger partial charge in [0.1, 0.15) is 24.1 Å². The third-order valence-electron chi connectivity index (χ3n) is 3.86. The van der Waals surface area contributed by atoms with E-state index in [2.05, 4.69) is 0 Å². The van der Waals surface area contributed by atoms with Gasteiger partial charge in [0.05, 0.1) is 6.61 Å². The number of aliphatic carboxylic acids is 1. The fraction of sp³-hybridized carbons (Fsp3) is 0.278. The molecule has 0 aromatic heterocycles. The molecule has 2 aromatic rings. The van der Waals surface area contributed by atoms with Crippen LogP contribution in [-0.4, -0.2) is 56.4 Å². The molecule has 134 valence electrons. The van der Waals surface area contributed by atoms with Crippen LogP contribution in [0.3, 0.4) is 0 Å². The topological polar surface area (TPSA) is 127 Å². The summed E-state index contributed by atoms with van der Waals surface area (Å²) >= 11 is 0. The van der Waals surface area contributed by atoms with Crippen LogP contribution in [-0.2, 0) is 10.4 Å². The van der Waals surface area contributed by atoms with Crippen molar-refractivity contribution < 1.29 is 35.1 Å². The van der Waals surface area contributed by atoms with Crippen LogP contribution < -0.4 is 4.74 Å². The summed E-state index contributed by atoms with van der Waals surface area (Å²) < 4.78 is 5.62. The minimum absolute atomic E-state index is 0.0723. The number of hydrogen-bond donors (Lipinski definition) is 5. The van der Waals surface area contributed by atoms with Crippen LogP contribution in [0.5, 0.6) is 5.75 Å². The lowest BCUT2D eigenvalue weighted by Crippen LogP contribution is -2.59. The van der Waals surface area contributed by atoms with Crippen LogP contribution in [0.4, 0.5) is 0 Å². The van der Waals surface area contributed by atoms with Gasteiger partial charge in [-0.1, -0.05) is 48.5 Å². The van der Waals surface area contributed by atoms with Crippen LogP contribution >= 0.6 is 0 Å².